The molecule has 2 heterocycles. The first kappa shape index (κ1) is 40.5. The van der Waals surface area contributed by atoms with Crippen molar-refractivity contribution < 1.29 is 82.7 Å². The van der Waals surface area contributed by atoms with E-state index in [1.807, 2.05) is 0 Å². The summed E-state index contributed by atoms with van der Waals surface area (Å²) in [5.41, 5.74) is 0. The third-order valence-electron chi connectivity index (χ3n) is 6.82. The fourth-order valence-corrected chi connectivity index (χ4v) is 4.95. The topological polar surface area (TPSA) is 223 Å². The average Bonchev–Trinajstić information content (AvgIpc) is 3.65. The molecule has 0 aromatic rings. The van der Waals surface area contributed by atoms with Gasteiger partial charge in [0.2, 0.25) is 0 Å². The molecular formula is C28H54O17. The van der Waals surface area contributed by atoms with Crippen LogP contribution in [-0.4, -0.2) is 212 Å². The third-order valence-corrected chi connectivity index (χ3v) is 6.82. The van der Waals surface area contributed by atoms with Crippen LogP contribution >= 0.6 is 0 Å². The quantitative estimate of drug-likeness (QED) is 0.0405. The Morgan fingerprint density at radius 3 is 1.18 bits per heavy atom. The molecular weight excluding hydrogens is 608 g/mol. The molecule has 8 unspecified atom stereocenters. The summed E-state index contributed by atoms with van der Waals surface area (Å²) in [6.07, 6.45) is -4.33. The molecule has 0 aromatic heterocycles. The molecule has 0 amide bonds. The number of aliphatic hydroxyl groups is 6. The van der Waals surface area contributed by atoms with Crippen LogP contribution in [0.2, 0.25) is 0 Å². The standard InChI is InChI=1S/C28H54O17/c29-1-7-38-21(27-25(42-11-5-33)23(19-44-27)40-9-3-31)17-36-15-13-35-14-16-37-18-22(39-8-2-30)28-26(43-12-6-34)24(20-45-28)41-10-4-32/h21-34H,1-20H2. The van der Waals surface area contributed by atoms with Crippen LogP contribution in [0.3, 0.4) is 0 Å². The van der Waals surface area contributed by atoms with E-state index in [1.54, 1.807) is 0 Å². The van der Waals surface area contributed by atoms with Gasteiger partial charge in [0.05, 0.1) is 132 Å². The lowest BCUT2D eigenvalue weighted by Gasteiger charge is -2.29. The second-order valence-electron chi connectivity index (χ2n) is 10.0. The molecule has 2 aliphatic rings. The van der Waals surface area contributed by atoms with Crippen LogP contribution in [0.5, 0.6) is 0 Å². The van der Waals surface area contributed by atoms with Crippen molar-refractivity contribution in [2.75, 3.05) is 132 Å². The van der Waals surface area contributed by atoms with Crippen molar-refractivity contribution in [3.05, 3.63) is 0 Å². The zero-order chi connectivity index (χ0) is 32.5. The summed E-state index contributed by atoms with van der Waals surface area (Å²) >= 11 is 0. The Morgan fingerprint density at radius 1 is 0.444 bits per heavy atom. The van der Waals surface area contributed by atoms with E-state index < -0.39 is 48.8 Å². The van der Waals surface area contributed by atoms with Gasteiger partial charge in [0, 0.05) is 0 Å². The van der Waals surface area contributed by atoms with Crippen LogP contribution in [0.15, 0.2) is 0 Å². The van der Waals surface area contributed by atoms with E-state index >= 15 is 0 Å². The van der Waals surface area contributed by atoms with Gasteiger partial charge in [0.1, 0.15) is 48.8 Å². The van der Waals surface area contributed by atoms with Gasteiger partial charge in [0.25, 0.3) is 0 Å². The smallest absolute Gasteiger partial charge is 0.115 e. The summed E-state index contributed by atoms with van der Waals surface area (Å²) in [5.74, 6) is 0. The molecule has 0 aromatic carbocycles. The van der Waals surface area contributed by atoms with Gasteiger partial charge in [-0.15, -0.1) is 0 Å². The van der Waals surface area contributed by atoms with E-state index in [9.17, 15) is 20.4 Å². The SMILES string of the molecule is OCCOC(COCCOCCOCC(OCCO)C1OCC(OCCO)C1OCCO)C1OCC(OCCO)C1OCCO. The minimum absolute atomic E-state index is 0.0656. The van der Waals surface area contributed by atoms with E-state index in [2.05, 4.69) is 0 Å². The molecule has 17 heteroatoms. The highest BCUT2D eigenvalue weighted by Crippen LogP contribution is 2.26. The van der Waals surface area contributed by atoms with Gasteiger partial charge in [0.15, 0.2) is 0 Å². The Labute approximate surface area is 264 Å². The predicted octanol–water partition coefficient (Wildman–Crippen LogP) is -3.90. The molecule has 0 bridgehead atoms. The molecule has 8 atom stereocenters. The third kappa shape index (κ3) is 15.4. The van der Waals surface area contributed by atoms with Crippen molar-refractivity contribution in [3.63, 3.8) is 0 Å². The van der Waals surface area contributed by atoms with Crippen LogP contribution in [0.25, 0.3) is 0 Å². The fourth-order valence-electron chi connectivity index (χ4n) is 4.95. The van der Waals surface area contributed by atoms with Crippen molar-refractivity contribution in [2.24, 2.45) is 0 Å². The molecule has 2 rings (SSSR count). The maximum absolute atomic E-state index is 9.26. The lowest BCUT2D eigenvalue weighted by atomic mass is 10.1. The average molecular weight is 663 g/mol. The largest absolute Gasteiger partial charge is 0.394 e. The van der Waals surface area contributed by atoms with Crippen molar-refractivity contribution in [1.82, 2.24) is 0 Å². The lowest BCUT2D eigenvalue weighted by Crippen LogP contribution is -2.45. The first-order valence-electron chi connectivity index (χ1n) is 15.5. The van der Waals surface area contributed by atoms with Crippen molar-refractivity contribution >= 4 is 0 Å². The highest BCUT2D eigenvalue weighted by atomic mass is 16.6. The lowest BCUT2D eigenvalue weighted by molar-refractivity contribution is -0.139. The van der Waals surface area contributed by atoms with Gasteiger partial charge in [-0.25, -0.2) is 0 Å². The van der Waals surface area contributed by atoms with E-state index in [1.165, 1.54) is 0 Å². The number of ether oxygens (including phenoxy) is 11. The van der Waals surface area contributed by atoms with Crippen molar-refractivity contribution in [3.8, 4) is 0 Å². The first-order valence-corrected chi connectivity index (χ1v) is 15.5. The Morgan fingerprint density at radius 2 is 0.800 bits per heavy atom. The molecule has 0 radical (unpaired) electrons. The Kier molecular flexibility index (Phi) is 23.7. The van der Waals surface area contributed by atoms with Gasteiger partial charge >= 0.3 is 0 Å². The minimum atomic E-state index is -0.584. The molecule has 0 aliphatic carbocycles. The number of hydrogen-bond acceptors (Lipinski definition) is 17. The second-order valence-corrected chi connectivity index (χ2v) is 10.0. The highest BCUT2D eigenvalue weighted by Gasteiger charge is 2.45. The summed E-state index contributed by atoms with van der Waals surface area (Å²) in [5, 5.41) is 55.2. The van der Waals surface area contributed by atoms with Crippen LogP contribution in [0.1, 0.15) is 0 Å². The zero-order valence-corrected chi connectivity index (χ0v) is 25.9. The maximum Gasteiger partial charge on any atom is 0.115 e. The van der Waals surface area contributed by atoms with Gasteiger partial charge in [-0.3, -0.25) is 0 Å². The zero-order valence-electron chi connectivity index (χ0n) is 25.9. The van der Waals surface area contributed by atoms with Crippen LogP contribution in [-0.2, 0) is 52.1 Å². The maximum atomic E-state index is 9.26. The van der Waals surface area contributed by atoms with E-state index in [-0.39, 0.29) is 132 Å². The second kappa shape index (κ2) is 26.3. The summed E-state index contributed by atoms with van der Waals surface area (Å²) in [7, 11) is 0. The number of aliphatic hydroxyl groups excluding tert-OH is 6. The summed E-state index contributed by atoms with van der Waals surface area (Å²) in [6.45, 7) is 1.20. The Bertz CT molecular complexity index is 625. The Hall–Kier alpha value is -0.680. The van der Waals surface area contributed by atoms with Crippen molar-refractivity contribution in [2.45, 2.75) is 48.8 Å². The molecule has 6 N–H and O–H groups in total. The van der Waals surface area contributed by atoms with Crippen LogP contribution in [0, 0.1) is 0 Å². The molecule has 2 fully saturated rings. The monoisotopic (exact) mass is 662 g/mol. The molecule has 2 saturated heterocycles. The van der Waals surface area contributed by atoms with Gasteiger partial charge < -0.3 is 82.7 Å². The molecule has 0 spiro atoms. The van der Waals surface area contributed by atoms with Gasteiger partial charge in [-0.2, -0.15) is 0 Å². The summed E-state index contributed by atoms with van der Waals surface area (Å²) in [4.78, 5) is 0. The Balaban J connectivity index is 1.74. The normalized spacial score (nSPS) is 26.5. The van der Waals surface area contributed by atoms with E-state index in [0.29, 0.717) is 0 Å². The molecule has 268 valence electrons. The van der Waals surface area contributed by atoms with Crippen molar-refractivity contribution in [1.29, 1.82) is 0 Å². The highest BCUT2D eigenvalue weighted by molar-refractivity contribution is 4.92. The van der Waals surface area contributed by atoms with Crippen LogP contribution in [0.4, 0.5) is 0 Å². The summed E-state index contributed by atoms with van der Waals surface area (Å²) in [6, 6.07) is 0. The van der Waals surface area contributed by atoms with Gasteiger partial charge in [-0.1, -0.05) is 0 Å². The van der Waals surface area contributed by atoms with Crippen LogP contribution < -0.4 is 0 Å². The van der Waals surface area contributed by atoms with Gasteiger partial charge in [-0.05, 0) is 0 Å². The number of rotatable bonds is 30. The molecule has 2 aliphatic heterocycles. The molecule has 17 nitrogen and oxygen atoms in total. The van der Waals surface area contributed by atoms with E-state index in [0.717, 1.165) is 0 Å². The minimum Gasteiger partial charge on any atom is -0.394 e. The number of hydrogen-bond donors (Lipinski definition) is 6. The summed E-state index contributed by atoms with van der Waals surface area (Å²) < 4.78 is 63.1. The molecule has 0 saturated carbocycles. The predicted molar refractivity (Wildman–Crippen MR) is 153 cm³/mol. The fraction of sp³-hybridized carbons (Fsp3) is 1.00. The molecule has 45 heavy (non-hydrogen) atoms. The first-order chi connectivity index (χ1) is 22.1. The van der Waals surface area contributed by atoms with E-state index in [4.69, 9.17) is 62.3 Å².